The van der Waals surface area contributed by atoms with Gasteiger partial charge in [0.05, 0.1) is 10.7 Å². The normalized spacial score (nSPS) is 10.8. The third-order valence-corrected chi connectivity index (χ3v) is 2.52. The quantitative estimate of drug-likeness (QED) is 0.749. The zero-order valence-corrected chi connectivity index (χ0v) is 9.16. The fraction of sp³-hybridized carbons (Fsp3) is 0.273. The second-order valence-electron chi connectivity index (χ2n) is 3.39. The van der Waals surface area contributed by atoms with Crippen LogP contribution in [0.4, 0.5) is 0 Å². The maximum atomic E-state index is 11.0. The number of aldehydes is 1. The number of halogens is 1. The molecule has 0 aliphatic carbocycles. The Morgan fingerprint density at radius 1 is 1.53 bits per heavy atom. The summed E-state index contributed by atoms with van der Waals surface area (Å²) in [6.07, 6.45) is 4.33. The molecule has 2 aromatic rings. The summed E-state index contributed by atoms with van der Waals surface area (Å²) in [5, 5.41) is 0.603. The fourth-order valence-electron chi connectivity index (χ4n) is 1.63. The summed E-state index contributed by atoms with van der Waals surface area (Å²) in [4.78, 5) is 15.4. The zero-order chi connectivity index (χ0) is 10.8. The Morgan fingerprint density at radius 3 is 3.00 bits per heavy atom. The molecule has 0 radical (unpaired) electrons. The van der Waals surface area contributed by atoms with Gasteiger partial charge in [0.1, 0.15) is 11.3 Å². The average molecular weight is 223 g/mol. The monoisotopic (exact) mass is 222 g/mol. The van der Waals surface area contributed by atoms with Crippen molar-refractivity contribution in [2.45, 2.75) is 19.8 Å². The lowest BCUT2D eigenvalue weighted by Gasteiger charge is -1.96. The Hall–Kier alpha value is -1.35. The van der Waals surface area contributed by atoms with Gasteiger partial charge in [-0.05, 0) is 18.6 Å². The van der Waals surface area contributed by atoms with E-state index in [0.717, 1.165) is 30.5 Å². The predicted molar refractivity (Wildman–Crippen MR) is 59.6 cm³/mol. The van der Waals surface area contributed by atoms with Gasteiger partial charge >= 0.3 is 0 Å². The molecule has 0 unspecified atom stereocenters. The zero-order valence-electron chi connectivity index (χ0n) is 8.40. The molecule has 2 aromatic heterocycles. The number of imidazole rings is 1. The number of carbonyl (C=O) groups excluding carboxylic acids is 1. The highest BCUT2D eigenvalue weighted by Crippen LogP contribution is 2.16. The maximum absolute atomic E-state index is 11.0. The summed E-state index contributed by atoms with van der Waals surface area (Å²) in [6.45, 7) is 2.06. The third-order valence-electron chi connectivity index (χ3n) is 2.29. The Kier molecular flexibility index (Phi) is 2.73. The fourth-order valence-corrected chi connectivity index (χ4v) is 1.79. The molecule has 78 valence electrons. The van der Waals surface area contributed by atoms with Crippen LogP contribution in [0.5, 0.6) is 0 Å². The molecule has 0 amide bonds. The molecular formula is C11H11ClN2O. The van der Waals surface area contributed by atoms with E-state index in [9.17, 15) is 4.79 Å². The summed E-state index contributed by atoms with van der Waals surface area (Å²) < 4.78 is 1.74. The molecule has 4 heteroatoms. The van der Waals surface area contributed by atoms with Crippen molar-refractivity contribution in [2.24, 2.45) is 0 Å². The van der Waals surface area contributed by atoms with Crippen LogP contribution in [-0.2, 0) is 6.42 Å². The van der Waals surface area contributed by atoms with E-state index in [1.165, 1.54) is 0 Å². The van der Waals surface area contributed by atoms with E-state index in [0.29, 0.717) is 10.7 Å². The highest BCUT2D eigenvalue weighted by Gasteiger charge is 2.10. The molecule has 0 N–H and O–H groups in total. The van der Waals surface area contributed by atoms with Crippen molar-refractivity contribution in [3.8, 4) is 0 Å². The molecule has 0 saturated heterocycles. The SMILES string of the molecule is CCCc1nc2ccc(Cl)cn2c1C=O. The molecule has 0 aliphatic rings. The number of rotatable bonds is 3. The van der Waals surface area contributed by atoms with Gasteiger partial charge in [0.25, 0.3) is 0 Å². The van der Waals surface area contributed by atoms with Crippen LogP contribution in [0, 0.1) is 0 Å². The van der Waals surface area contributed by atoms with Crippen molar-refractivity contribution in [3.63, 3.8) is 0 Å². The Labute approximate surface area is 92.7 Å². The lowest BCUT2D eigenvalue weighted by atomic mass is 10.2. The van der Waals surface area contributed by atoms with E-state index in [4.69, 9.17) is 11.6 Å². The molecule has 2 heterocycles. The van der Waals surface area contributed by atoms with E-state index >= 15 is 0 Å². The Balaban J connectivity index is 2.68. The summed E-state index contributed by atoms with van der Waals surface area (Å²) in [7, 11) is 0. The van der Waals surface area contributed by atoms with Crippen LogP contribution in [0.3, 0.4) is 0 Å². The van der Waals surface area contributed by atoms with E-state index in [-0.39, 0.29) is 0 Å². The minimum Gasteiger partial charge on any atom is -0.296 e. The standard InChI is InChI=1S/C11H11ClN2O/c1-2-3-9-10(7-15)14-6-8(12)4-5-11(14)13-9/h4-7H,2-3H2,1H3. The number of hydrogen-bond acceptors (Lipinski definition) is 2. The highest BCUT2D eigenvalue weighted by molar-refractivity contribution is 6.30. The number of pyridine rings is 1. The first-order valence-electron chi connectivity index (χ1n) is 4.88. The molecule has 0 bridgehead atoms. The van der Waals surface area contributed by atoms with E-state index in [1.807, 2.05) is 6.07 Å². The van der Waals surface area contributed by atoms with Crippen LogP contribution in [0.15, 0.2) is 18.3 Å². The van der Waals surface area contributed by atoms with Gasteiger partial charge in [-0.2, -0.15) is 0 Å². The summed E-state index contributed by atoms with van der Waals surface area (Å²) in [5.41, 5.74) is 2.22. The van der Waals surface area contributed by atoms with Gasteiger partial charge in [-0.3, -0.25) is 9.20 Å². The largest absolute Gasteiger partial charge is 0.296 e. The number of aromatic nitrogens is 2. The molecule has 0 fully saturated rings. The van der Waals surface area contributed by atoms with Gasteiger partial charge in [-0.25, -0.2) is 4.98 Å². The lowest BCUT2D eigenvalue weighted by molar-refractivity contribution is 0.111. The van der Waals surface area contributed by atoms with Crippen molar-refractivity contribution in [2.75, 3.05) is 0 Å². The molecular weight excluding hydrogens is 212 g/mol. The average Bonchev–Trinajstić information content (AvgIpc) is 2.55. The first-order valence-corrected chi connectivity index (χ1v) is 5.25. The van der Waals surface area contributed by atoms with Crippen LogP contribution < -0.4 is 0 Å². The van der Waals surface area contributed by atoms with Gasteiger partial charge in [0.15, 0.2) is 6.29 Å². The summed E-state index contributed by atoms with van der Waals surface area (Å²) in [5.74, 6) is 0. The van der Waals surface area contributed by atoms with Crippen molar-refractivity contribution >= 4 is 23.5 Å². The molecule has 2 rings (SSSR count). The first-order chi connectivity index (χ1) is 7.26. The number of fused-ring (bicyclic) bond motifs is 1. The molecule has 0 spiro atoms. The molecule has 3 nitrogen and oxygen atoms in total. The number of hydrogen-bond donors (Lipinski definition) is 0. The van der Waals surface area contributed by atoms with Crippen LogP contribution in [0.2, 0.25) is 5.02 Å². The third kappa shape index (κ3) is 1.75. The van der Waals surface area contributed by atoms with Crippen molar-refractivity contribution < 1.29 is 4.79 Å². The Morgan fingerprint density at radius 2 is 2.33 bits per heavy atom. The summed E-state index contributed by atoms with van der Waals surface area (Å²) >= 11 is 5.87. The van der Waals surface area contributed by atoms with E-state index in [1.54, 1.807) is 16.7 Å². The van der Waals surface area contributed by atoms with E-state index in [2.05, 4.69) is 11.9 Å². The second kappa shape index (κ2) is 4.03. The number of nitrogens with zero attached hydrogens (tertiary/aromatic N) is 2. The van der Waals surface area contributed by atoms with Gasteiger partial charge in [0.2, 0.25) is 0 Å². The molecule has 0 aromatic carbocycles. The smallest absolute Gasteiger partial charge is 0.168 e. The minimum absolute atomic E-state index is 0.603. The van der Waals surface area contributed by atoms with Crippen LogP contribution in [-0.4, -0.2) is 15.7 Å². The van der Waals surface area contributed by atoms with Gasteiger partial charge in [-0.1, -0.05) is 24.9 Å². The highest BCUT2D eigenvalue weighted by atomic mass is 35.5. The lowest BCUT2D eigenvalue weighted by Crippen LogP contribution is -1.94. The van der Waals surface area contributed by atoms with Crippen molar-refractivity contribution in [1.82, 2.24) is 9.38 Å². The van der Waals surface area contributed by atoms with Crippen molar-refractivity contribution in [3.05, 3.63) is 34.7 Å². The predicted octanol–water partition coefficient (Wildman–Crippen LogP) is 2.75. The second-order valence-corrected chi connectivity index (χ2v) is 3.82. The number of aryl methyl sites for hydroxylation is 1. The first kappa shape index (κ1) is 10.2. The van der Waals surface area contributed by atoms with Gasteiger partial charge in [-0.15, -0.1) is 0 Å². The number of carbonyl (C=O) groups is 1. The van der Waals surface area contributed by atoms with E-state index < -0.39 is 0 Å². The summed E-state index contributed by atoms with van der Waals surface area (Å²) in [6, 6.07) is 3.59. The molecule has 0 aliphatic heterocycles. The van der Waals surface area contributed by atoms with Gasteiger partial charge in [0, 0.05) is 6.20 Å². The Bertz CT molecular complexity index is 505. The van der Waals surface area contributed by atoms with Crippen LogP contribution in [0.1, 0.15) is 29.5 Å². The molecule has 0 saturated carbocycles. The van der Waals surface area contributed by atoms with Crippen molar-refractivity contribution in [1.29, 1.82) is 0 Å². The molecule has 15 heavy (non-hydrogen) atoms. The maximum Gasteiger partial charge on any atom is 0.168 e. The molecule has 0 atom stereocenters. The minimum atomic E-state index is 0.603. The van der Waals surface area contributed by atoms with Gasteiger partial charge < -0.3 is 0 Å². The topological polar surface area (TPSA) is 34.4 Å². The van der Waals surface area contributed by atoms with Crippen LogP contribution in [0.25, 0.3) is 5.65 Å². The van der Waals surface area contributed by atoms with Crippen LogP contribution >= 0.6 is 11.6 Å².